The Morgan fingerprint density at radius 1 is 0.562 bits per heavy atom. The van der Waals surface area contributed by atoms with E-state index < -0.39 is 0 Å². The predicted molar refractivity (Wildman–Crippen MR) is 141 cm³/mol. The number of anilines is 2. The molecule has 2 aromatic carbocycles. The van der Waals surface area contributed by atoms with Gasteiger partial charge in [-0.05, 0) is 111 Å². The largest absolute Gasteiger partial charge is 0.382 e. The Bertz CT molecular complexity index is 830. The van der Waals surface area contributed by atoms with Crippen molar-refractivity contribution >= 4 is 11.4 Å². The highest BCUT2D eigenvalue weighted by Gasteiger charge is 2.26. The van der Waals surface area contributed by atoms with Crippen molar-refractivity contribution in [3.05, 3.63) is 46.5 Å². The van der Waals surface area contributed by atoms with E-state index in [1.165, 1.54) is 99.6 Å². The van der Waals surface area contributed by atoms with Crippen LogP contribution in [0.3, 0.4) is 0 Å². The van der Waals surface area contributed by atoms with Crippen LogP contribution in [0.15, 0.2) is 24.3 Å². The van der Waals surface area contributed by atoms with E-state index in [1.54, 1.807) is 22.3 Å². The zero-order valence-corrected chi connectivity index (χ0v) is 20.9. The highest BCUT2D eigenvalue weighted by atomic mass is 14.9. The Hall–Kier alpha value is -1.96. The van der Waals surface area contributed by atoms with Crippen LogP contribution in [0, 0.1) is 0 Å². The summed E-state index contributed by atoms with van der Waals surface area (Å²) < 4.78 is 0. The van der Waals surface area contributed by atoms with Gasteiger partial charge < -0.3 is 10.6 Å². The van der Waals surface area contributed by atoms with Crippen molar-refractivity contribution in [3.63, 3.8) is 0 Å². The van der Waals surface area contributed by atoms with E-state index in [0.29, 0.717) is 12.1 Å². The Morgan fingerprint density at radius 2 is 0.938 bits per heavy atom. The first-order chi connectivity index (χ1) is 15.7. The first-order valence-electron chi connectivity index (χ1n) is 13.5. The lowest BCUT2D eigenvalue weighted by Crippen LogP contribution is -2.21. The van der Waals surface area contributed by atoms with Gasteiger partial charge in [0.2, 0.25) is 0 Å². The fourth-order valence-corrected chi connectivity index (χ4v) is 5.89. The lowest BCUT2D eigenvalue weighted by molar-refractivity contribution is 0.665. The Balaban J connectivity index is 1.94. The maximum absolute atomic E-state index is 3.98. The minimum absolute atomic E-state index is 0.533. The zero-order chi connectivity index (χ0) is 22.5. The number of rotatable bonds is 9. The molecule has 2 N–H and O–H groups in total. The second-order valence-corrected chi connectivity index (χ2v) is 9.98. The molecular formula is C30H44N2. The molecular weight excluding hydrogens is 388 g/mol. The molecule has 2 heteroatoms. The lowest BCUT2D eigenvalue weighted by Gasteiger charge is -2.31. The summed E-state index contributed by atoms with van der Waals surface area (Å²) in [7, 11) is 0. The summed E-state index contributed by atoms with van der Waals surface area (Å²) in [6.07, 6.45) is 14.9. The van der Waals surface area contributed by atoms with Crippen molar-refractivity contribution in [2.45, 2.75) is 117 Å². The van der Waals surface area contributed by atoms with Crippen molar-refractivity contribution in [1.82, 2.24) is 0 Å². The maximum atomic E-state index is 3.98. The van der Waals surface area contributed by atoms with Gasteiger partial charge in [0.15, 0.2) is 0 Å². The number of aryl methyl sites for hydroxylation is 2. The molecule has 2 aromatic rings. The van der Waals surface area contributed by atoms with Crippen LogP contribution in [0.1, 0.15) is 101 Å². The van der Waals surface area contributed by atoms with Crippen LogP contribution in [-0.4, -0.2) is 12.1 Å². The Morgan fingerprint density at radius 3 is 1.31 bits per heavy atom. The molecule has 2 aliphatic carbocycles. The molecule has 2 aliphatic rings. The fraction of sp³-hybridized carbons (Fsp3) is 0.600. The topological polar surface area (TPSA) is 24.1 Å². The molecule has 0 bridgehead atoms. The first-order valence-corrected chi connectivity index (χ1v) is 13.5. The third kappa shape index (κ3) is 4.70. The second-order valence-electron chi connectivity index (χ2n) is 9.98. The third-order valence-electron chi connectivity index (χ3n) is 8.01. The summed E-state index contributed by atoms with van der Waals surface area (Å²) in [4.78, 5) is 0. The van der Waals surface area contributed by atoms with Crippen LogP contribution in [-0.2, 0) is 25.7 Å². The lowest BCUT2D eigenvalue weighted by atomic mass is 9.79. The summed E-state index contributed by atoms with van der Waals surface area (Å²) in [5, 5.41) is 7.97. The minimum Gasteiger partial charge on any atom is -0.382 e. The second kappa shape index (κ2) is 10.8. The molecule has 0 heterocycles. The standard InChI is InChI=1S/C30H44N2/c1-5-23(6-2)31-27-19-17-21-13-9-11-15-25(21)29(27)30-26-16-12-10-14-22(26)18-20-28(30)32-24(7-3)8-4/h17-20,23-24,31-32H,5-16H2,1-4H3. The predicted octanol–water partition coefficient (Wildman–Crippen LogP) is 8.31. The van der Waals surface area contributed by atoms with Gasteiger partial charge >= 0.3 is 0 Å². The molecule has 0 aliphatic heterocycles. The molecule has 0 atom stereocenters. The van der Waals surface area contributed by atoms with Crippen molar-refractivity contribution in [3.8, 4) is 11.1 Å². The Labute approximate surface area is 196 Å². The molecule has 2 nitrogen and oxygen atoms in total. The van der Waals surface area contributed by atoms with Gasteiger partial charge in [-0.3, -0.25) is 0 Å². The van der Waals surface area contributed by atoms with Crippen molar-refractivity contribution in [1.29, 1.82) is 0 Å². The average molecular weight is 433 g/mol. The van der Waals surface area contributed by atoms with Gasteiger partial charge in [-0.2, -0.15) is 0 Å². The molecule has 4 rings (SSSR count). The summed E-state index contributed by atoms with van der Waals surface area (Å²) in [6, 6.07) is 10.7. The molecule has 0 aromatic heterocycles. The van der Waals surface area contributed by atoms with Crippen LogP contribution < -0.4 is 10.6 Å². The first kappa shape index (κ1) is 23.2. The highest BCUT2D eigenvalue weighted by molar-refractivity contribution is 5.92. The SMILES string of the molecule is CCC(CC)Nc1ccc2c(c1-c1c(NC(CC)CC)ccc3c1CCCC3)CCCC2. The summed E-state index contributed by atoms with van der Waals surface area (Å²) in [5.41, 5.74) is 12.2. The summed E-state index contributed by atoms with van der Waals surface area (Å²) >= 11 is 0. The van der Waals surface area contributed by atoms with Crippen LogP contribution in [0.2, 0.25) is 0 Å². The fourth-order valence-electron chi connectivity index (χ4n) is 5.89. The molecule has 0 radical (unpaired) electrons. The molecule has 32 heavy (non-hydrogen) atoms. The van der Waals surface area contributed by atoms with E-state index in [4.69, 9.17) is 0 Å². The van der Waals surface area contributed by atoms with E-state index in [9.17, 15) is 0 Å². The van der Waals surface area contributed by atoms with Crippen molar-refractivity contribution in [2.75, 3.05) is 10.6 Å². The number of benzene rings is 2. The van der Waals surface area contributed by atoms with Gasteiger partial charge in [0.25, 0.3) is 0 Å². The Kier molecular flexibility index (Phi) is 7.81. The number of hydrogen-bond acceptors (Lipinski definition) is 2. The third-order valence-corrected chi connectivity index (χ3v) is 8.01. The molecule has 0 unspecified atom stereocenters. The van der Waals surface area contributed by atoms with Gasteiger partial charge in [-0.25, -0.2) is 0 Å². The van der Waals surface area contributed by atoms with E-state index in [1.807, 2.05) is 0 Å². The molecule has 0 saturated heterocycles. The highest BCUT2D eigenvalue weighted by Crippen LogP contribution is 2.45. The van der Waals surface area contributed by atoms with Crippen molar-refractivity contribution < 1.29 is 0 Å². The van der Waals surface area contributed by atoms with Gasteiger partial charge in [0, 0.05) is 34.6 Å². The quantitative estimate of drug-likeness (QED) is 0.416. The molecule has 0 saturated carbocycles. The summed E-state index contributed by atoms with van der Waals surface area (Å²) in [5.74, 6) is 0. The number of fused-ring (bicyclic) bond motifs is 2. The van der Waals surface area contributed by atoms with E-state index >= 15 is 0 Å². The summed E-state index contributed by atoms with van der Waals surface area (Å²) in [6.45, 7) is 9.24. The average Bonchev–Trinajstić information content (AvgIpc) is 2.85. The van der Waals surface area contributed by atoms with Gasteiger partial charge in [0.05, 0.1) is 0 Å². The molecule has 0 spiro atoms. The molecule has 0 amide bonds. The van der Waals surface area contributed by atoms with Crippen LogP contribution in [0.4, 0.5) is 11.4 Å². The van der Waals surface area contributed by atoms with Gasteiger partial charge in [-0.1, -0.05) is 39.8 Å². The van der Waals surface area contributed by atoms with E-state index in [2.05, 4.69) is 62.6 Å². The van der Waals surface area contributed by atoms with Crippen LogP contribution in [0.25, 0.3) is 11.1 Å². The van der Waals surface area contributed by atoms with E-state index in [0.717, 1.165) is 0 Å². The molecule has 174 valence electrons. The number of hydrogen-bond donors (Lipinski definition) is 2. The maximum Gasteiger partial charge on any atom is 0.0425 e. The van der Waals surface area contributed by atoms with Gasteiger partial charge in [0.1, 0.15) is 0 Å². The van der Waals surface area contributed by atoms with Crippen molar-refractivity contribution in [2.24, 2.45) is 0 Å². The smallest absolute Gasteiger partial charge is 0.0425 e. The minimum atomic E-state index is 0.533. The zero-order valence-electron chi connectivity index (χ0n) is 20.9. The van der Waals surface area contributed by atoms with Gasteiger partial charge in [-0.15, -0.1) is 0 Å². The van der Waals surface area contributed by atoms with Crippen LogP contribution >= 0.6 is 0 Å². The normalized spacial score (nSPS) is 15.6. The van der Waals surface area contributed by atoms with Crippen LogP contribution in [0.5, 0.6) is 0 Å². The monoisotopic (exact) mass is 432 g/mol. The number of nitrogens with one attached hydrogen (secondary N) is 2. The molecule has 0 fully saturated rings. The van der Waals surface area contributed by atoms with E-state index in [-0.39, 0.29) is 0 Å².